The van der Waals surface area contributed by atoms with Crippen LogP contribution in [0.15, 0.2) is 58.3 Å². The van der Waals surface area contributed by atoms with Gasteiger partial charge in [0.2, 0.25) is 0 Å². The second kappa shape index (κ2) is 12.6. The summed E-state index contributed by atoms with van der Waals surface area (Å²) >= 11 is 0. The van der Waals surface area contributed by atoms with Crippen LogP contribution in [0.4, 0.5) is 0 Å². The summed E-state index contributed by atoms with van der Waals surface area (Å²) in [5.74, 6) is 0. The summed E-state index contributed by atoms with van der Waals surface area (Å²) in [5, 5.41) is 0. The van der Waals surface area contributed by atoms with Gasteiger partial charge in [-0.25, -0.2) is 0 Å². The third kappa shape index (κ3) is 9.65. The maximum Gasteiger partial charge on any atom is 2.00 e. The minimum absolute atomic E-state index is 0. The van der Waals surface area contributed by atoms with Crippen molar-refractivity contribution in [2.24, 2.45) is 0 Å². The van der Waals surface area contributed by atoms with Gasteiger partial charge >= 0.3 is 16.5 Å². The zero-order chi connectivity index (χ0) is 14.8. The van der Waals surface area contributed by atoms with Crippen molar-refractivity contribution in [1.29, 1.82) is 0 Å². The Hall–Kier alpha value is 0.0735. The molecule has 0 spiro atoms. The fourth-order valence-electron chi connectivity index (χ4n) is 1.28. The molecule has 21 heavy (non-hydrogen) atoms. The van der Waals surface area contributed by atoms with Gasteiger partial charge in [-0.05, 0) is 22.3 Å². The molecule has 0 heterocycles. The topological polar surface area (TPSA) is 0 Å². The summed E-state index contributed by atoms with van der Waals surface area (Å²) in [6.07, 6.45) is 4.14. The Balaban J connectivity index is 0.000000364. The first-order chi connectivity index (χ1) is 9.65. The summed E-state index contributed by atoms with van der Waals surface area (Å²) in [5.41, 5.74) is 2.15. The first-order valence-corrected chi connectivity index (χ1v) is 11.0. The van der Waals surface area contributed by atoms with Crippen molar-refractivity contribution in [3.05, 3.63) is 73.5 Å². The maximum atomic E-state index is 3.81. The minimum Gasteiger partial charge on any atom is -0.199 e. The van der Waals surface area contributed by atoms with Crippen LogP contribution in [-0.2, 0) is 16.5 Å². The Morgan fingerprint density at radius 3 is 1.14 bits per heavy atom. The van der Waals surface area contributed by atoms with Crippen LogP contribution in [0.3, 0.4) is 0 Å². The smallest absolute Gasteiger partial charge is 0.199 e. The van der Waals surface area contributed by atoms with E-state index in [2.05, 4.69) is 50.6 Å². The molecule has 0 nitrogen and oxygen atoms in total. The van der Waals surface area contributed by atoms with E-state index < -0.39 is 0 Å². The fraction of sp³-hybridized carbons (Fsp3) is 0.125. The maximum absolute atomic E-state index is 3.81. The van der Waals surface area contributed by atoms with Crippen molar-refractivity contribution in [3.63, 3.8) is 0 Å². The summed E-state index contributed by atoms with van der Waals surface area (Å²) in [7, 11) is 7.06. The first kappa shape index (κ1) is 21.1. The standard InChI is InChI=1S/2C8H9S2.Ni/c2*1-7-3-5-8(6-4-7)10-9-2;/h2*3-6H,1H2,2H3;/q2*-1;+2. The van der Waals surface area contributed by atoms with Crippen LogP contribution in [0.5, 0.6) is 0 Å². The zero-order valence-electron chi connectivity index (χ0n) is 12.0. The number of rotatable bonds is 4. The van der Waals surface area contributed by atoms with Crippen LogP contribution < -0.4 is 0 Å². The van der Waals surface area contributed by atoms with Crippen LogP contribution in [0, 0.1) is 13.8 Å². The molecule has 0 fully saturated rings. The average molecular weight is 397 g/mol. The Morgan fingerprint density at radius 1 is 0.619 bits per heavy atom. The number of hydrogen-bond acceptors (Lipinski definition) is 4. The van der Waals surface area contributed by atoms with Crippen molar-refractivity contribution >= 4 is 43.2 Å². The van der Waals surface area contributed by atoms with Crippen LogP contribution in [0.2, 0.25) is 0 Å². The van der Waals surface area contributed by atoms with Crippen LogP contribution in [0.1, 0.15) is 11.1 Å². The van der Waals surface area contributed by atoms with Gasteiger partial charge in [-0.15, -0.1) is 24.3 Å². The first-order valence-electron chi connectivity index (χ1n) is 5.91. The second-order valence-electron chi connectivity index (χ2n) is 3.79. The molecule has 0 unspecified atom stereocenters. The van der Waals surface area contributed by atoms with Crippen LogP contribution in [-0.4, -0.2) is 12.5 Å². The normalized spacial score (nSPS) is 9.24. The quantitative estimate of drug-likeness (QED) is 0.329. The molecule has 0 amide bonds. The minimum atomic E-state index is 0. The number of benzene rings is 2. The Labute approximate surface area is 154 Å². The molecule has 0 aliphatic carbocycles. The van der Waals surface area contributed by atoms with E-state index in [1.165, 1.54) is 9.79 Å². The largest absolute Gasteiger partial charge is 2.00 e. The SMILES string of the molecule is [CH2-]c1ccc(SSC)cc1.[CH2-]c1ccc(SSC)cc1.[Ni+2]. The van der Waals surface area contributed by atoms with Gasteiger partial charge in [-0.2, -0.15) is 49.2 Å². The molecule has 116 valence electrons. The van der Waals surface area contributed by atoms with Crippen molar-refractivity contribution in [2.45, 2.75) is 9.79 Å². The van der Waals surface area contributed by atoms with E-state index in [9.17, 15) is 0 Å². The molecule has 2 rings (SSSR count). The van der Waals surface area contributed by atoms with E-state index >= 15 is 0 Å². The van der Waals surface area contributed by atoms with Crippen molar-refractivity contribution in [1.82, 2.24) is 0 Å². The Bertz CT molecular complexity index is 435. The van der Waals surface area contributed by atoms with E-state index in [0.29, 0.717) is 0 Å². The predicted molar refractivity (Wildman–Crippen MR) is 101 cm³/mol. The number of hydrogen-bond donors (Lipinski definition) is 0. The van der Waals surface area contributed by atoms with E-state index in [0.717, 1.165) is 11.1 Å². The predicted octanol–water partition coefficient (Wildman–Crippen LogP) is 6.48. The summed E-state index contributed by atoms with van der Waals surface area (Å²) in [4.78, 5) is 2.58. The van der Waals surface area contributed by atoms with E-state index in [4.69, 9.17) is 0 Å². The Morgan fingerprint density at radius 2 is 0.905 bits per heavy atom. The molecule has 0 atom stereocenters. The van der Waals surface area contributed by atoms with Crippen LogP contribution in [0.25, 0.3) is 0 Å². The molecule has 0 aliphatic rings. The molecule has 0 radical (unpaired) electrons. The second-order valence-corrected chi connectivity index (χ2v) is 8.73. The van der Waals surface area contributed by atoms with Gasteiger partial charge in [0.1, 0.15) is 0 Å². The summed E-state index contributed by atoms with van der Waals surface area (Å²) < 4.78 is 0. The average Bonchev–Trinajstić information content (AvgIpc) is 2.45. The van der Waals surface area contributed by atoms with Gasteiger partial charge in [0.25, 0.3) is 0 Å². The molecular weight excluding hydrogens is 379 g/mol. The van der Waals surface area contributed by atoms with Gasteiger partial charge in [0.15, 0.2) is 0 Å². The summed E-state index contributed by atoms with van der Waals surface area (Å²) in [6.45, 7) is 7.61. The van der Waals surface area contributed by atoms with Crippen LogP contribution >= 0.6 is 43.2 Å². The molecule has 5 heteroatoms. The molecule has 0 saturated heterocycles. The molecule has 0 aliphatic heterocycles. The van der Waals surface area contributed by atoms with Crippen molar-refractivity contribution in [2.75, 3.05) is 12.5 Å². The third-order valence-electron chi connectivity index (χ3n) is 2.21. The van der Waals surface area contributed by atoms with Gasteiger partial charge < -0.3 is 0 Å². The van der Waals surface area contributed by atoms with Gasteiger partial charge in [-0.1, -0.05) is 43.2 Å². The molecular formula is C16H18NiS4. The molecule has 0 saturated carbocycles. The van der Waals surface area contributed by atoms with Gasteiger partial charge in [0.05, 0.1) is 0 Å². The van der Waals surface area contributed by atoms with Crippen molar-refractivity contribution in [3.8, 4) is 0 Å². The van der Waals surface area contributed by atoms with Gasteiger partial charge in [0, 0.05) is 0 Å². The third-order valence-corrected chi connectivity index (χ3v) is 5.62. The molecule has 2 aromatic rings. The van der Waals surface area contributed by atoms with Crippen molar-refractivity contribution < 1.29 is 16.5 Å². The van der Waals surface area contributed by atoms with E-state index in [1.54, 1.807) is 43.2 Å². The summed E-state index contributed by atoms with van der Waals surface area (Å²) in [6, 6.07) is 16.5. The molecule has 0 N–H and O–H groups in total. The molecule has 0 bridgehead atoms. The molecule has 2 aromatic carbocycles. The van der Waals surface area contributed by atoms with E-state index in [1.807, 2.05) is 24.3 Å². The monoisotopic (exact) mass is 396 g/mol. The van der Waals surface area contributed by atoms with Gasteiger partial charge in [-0.3, -0.25) is 0 Å². The fourth-order valence-corrected chi connectivity index (χ4v) is 3.98. The Kier molecular flexibility index (Phi) is 12.6. The van der Waals surface area contributed by atoms with E-state index in [-0.39, 0.29) is 16.5 Å². The zero-order valence-corrected chi connectivity index (χ0v) is 16.2. The molecule has 0 aromatic heterocycles.